The molecule has 0 aromatic heterocycles. The van der Waals surface area contributed by atoms with Crippen LogP contribution in [0.4, 0.5) is 4.79 Å². The first kappa shape index (κ1) is 22.6. The molecule has 31 heavy (non-hydrogen) atoms. The standard InChI is InChI=1S/C24H30N2O5/c1-23(2,3)16-6-12-20(13-7-16)31-15-18(27)14-26-21(28)24(4,25-22(26)29)17-8-10-19(30-5)11-9-17/h6-13,18,27H,14-15H2,1-5H3,(H,25,29)/t18-,24-/m1/s1. The summed E-state index contributed by atoms with van der Waals surface area (Å²) in [7, 11) is 1.56. The van der Waals surface area contributed by atoms with Gasteiger partial charge in [0.05, 0.1) is 13.7 Å². The highest BCUT2D eigenvalue weighted by atomic mass is 16.5. The minimum absolute atomic E-state index is 0.0365. The number of nitrogens with zero attached hydrogens (tertiary/aromatic N) is 1. The van der Waals surface area contributed by atoms with E-state index in [0.717, 1.165) is 4.90 Å². The highest BCUT2D eigenvalue weighted by Gasteiger charge is 2.49. The SMILES string of the molecule is COc1ccc([C@@]2(C)NC(=O)N(C[C@@H](O)COc3ccc(C(C)(C)C)cc3)C2=O)cc1. The molecule has 166 valence electrons. The van der Waals surface area contributed by atoms with Crippen LogP contribution in [0.5, 0.6) is 11.5 Å². The smallest absolute Gasteiger partial charge is 0.325 e. The number of β-amino-alcohol motifs (C(OH)–C–C–N with tert-alkyl or cyclic N) is 1. The summed E-state index contributed by atoms with van der Waals surface area (Å²) in [5.74, 6) is 0.854. The van der Waals surface area contributed by atoms with Gasteiger partial charge in [-0.25, -0.2) is 4.79 Å². The molecule has 1 heterocycles. The Kier molecular flexibility index (Phi) is 6.27. The van der Waals surface area contributed by atoms with Crippen molar-refractivity contribution in [3.05, 3.63) is 59.7 Å². The van der Waals surface area contributed by atoms with Gasteiger partial charge in [-0.3, -0.25) is 9.69 Å². The number of imide groups is 1. The van der Waals surface area contributed by atoms with Crippen molar-refractivity contribution in [2.24, 2.45) is 0 Å². The largest absolute Gasteiger partial charge is 0.497 e. The fourth-order valence-corrected chi connectivity index (χ4v) is 3.49. The van der Waals surface area contributed by atoms with E-state index in [9.17, 15) is 14.7 Å². The van der Waals surface area contributed by atoms with Gasteiger partial charge in [-0.1, -0.05) is 45.0 Å². The Morgan fingerprint density at radius 3 is 2.16 bits per heavy atom. The molecule has 0 bridgehead atoms. The van der Waals surface area contributed by atoms with E-state index < -0.39 is 23.6 Å². The first-order chi connectivity index (χ1) is 14.5. The van der Waals surface area contributed by atoms with Crippen LogP contribution in [-0.4, -0.2) is 48.3 Å². The molecule has 3 amide bonds. The highest BCUT2D eigenvalue weighted by Crippen LogP contribution is 2.30. The summed E-state index contributed by atoms with van der Waals surface area (Å²) in [5.41, 5.74) is 0.654. The van der Waals surface area contributed by atoms with Crippen molar-refractivity contribution < 1.29 is 24.2 Å². The maximum absolute atomic E-state index is 13.0. The molecule has 1 saturated heterocycles. The normalized spacial score (nSPS) is 19.9. The van der Waals surface area contributed by atoms with Gasteiger partial charge in [0, 0.05) is 0 Å². The number of ether oxygens (including phenoxy) is 2. The first-order valence-electron chi connectivity index (χ1n) is 10.2. The zero-order valence-electron chi connectivity index (χ0n) is 18.6. The van der Waals surface area contributed by atoms with Crippen LogP contribution in [0.1, 0.15) is 38.8 Å². The number of carbonyl (C=O) groups excluding carboxylic acids is 2. The molecular formula is C24H30N2O5. The Labute approximate surface area is 183 Å². The highest BCUT2D eigenvalue weighted by molar-refractivity contribution is 6.07. The fourth-order valence-electron chi connectivity index (χ4n) is 3.49. The maximum Gasteiger partial charge on any atom is 0.325 e. The molecule has 0 saturated carbocycles. The third-order valence-electron chi connectivity index (χ3n) is 5.50. The number of urea groups is 1. The lowest BCUT2D eigenvalue weighted by Gasteiger charge is -2.23. The van der Waals surface area contributed by atoms with Gasteiger partial charge in [0.1, 0.15) is 29.7 Å². The summed E-state index contributed by atoms with van der Waals surface area (Å²) in [5, 5.41) is 13.1. The monoisotopic (exact) mass is 426 g/mol. The lowest BCUT2D eigenvalue weighted by molar-refractivity contribution is -0.132. The Hall–Kier alpha value is -3.06. The molecule has 0 aliphatic carbocycles. The number of rotatable bonds is 7. The molecule has 2 aromatic carbocycles. The number of aliphatic hydroxyl groups is 1. The van der Waals surface area contributed by atoms with Gasteiger partial charge in [0.15, 0.2) is 0 Å². The van der Waals surface area contributed by atoms with Crippen molar-refractivity contribution in [1.29, 1.82) is 0 Å². The number of aliphatic hydroxyl groups excluding tert-OH is 1. The Morgan fingerprint density at radius 1 is 1.03 bits per heavy atom. The van der Waals surface area contributed by atoms with Crippen molar-refractivity contribution in [2.75, 3.05) is 20.3 Å². The van der Waals surface area contributed by atoms with Crippen molar-refractivity contribution >= 4 is 11.9 Å². The van der Waals surface area contributed by atoms with Gasteiger partial charge in [0.25, 0.3) is 5.91 Å². The Morgan fingerprint density at radius 2 is 1.61 bits per heavy atom. The topological polar surface area (TPSA) is 88.1 Å². The van der Waals surface area contributed by atoms with Gasteiger partial charge in [-0.2, -0.15) is 0 Å². The molecule has 2 N–H and O–H groups in total. The van der Waals surface area contributed by atoms with Gasteiger partial charge >= 0.3 is 6.03 Å². The van der Waals surface area contributed by atoms with E-state index in [1.54, 1.807) is 38.3 Å². The Bertz CT molecular complexity index is 934. The van der Waals surface area contributed by atoms with Crippen LogP contribution in [0.2, 0.25) is 0 Å². The fraction of sp³-hybridized carbons (Fsp3) is 0.417. The van der Waals surface area contributed by atoms with Crippen molar-refractivity contribution in [2.45, 2.75) is 44.8 Å². The molecule has 2 atom stereocenters. The third kappa shape index (κ3) is 4.82. The molecule has 1 aliphatic heterocycles. The van der Waals surface area contributed by atoms with Crippen LogP contribution in [0, 0.1) is 0 Å². The van der Waals surface area contributed by atoms with E-state index in [-0.39, 0.29) is 18.6 Å². The number of hydrogen-bond acceptors (Lipinski definition) is 5. The predicted molar refractivity (Wildman–Crippen MR) is 117 cm³/mol. The summed E-state index contributed by atoms with van der Waals surface area (Å²) in [6.07, 6.45) is -1.02. The zero-order valence-corrected chi connectivity index (χ0v) is 18.6. The lowest BCUT2D eigenvalue weighted by Crippen LogP contribution is -2.42. The minimum Gasteiger partial charge on any atom is -0.497 e. The molecule has 1 fully saturated rings. The van der Waals surface area contributed by atoms with Crippen LogP contribution in [0.3, 0.4) is 0 Å². The molecule has 0 radical (unpaired) electrons. The van der Waals surface area contributed by atoms with E-state index in [1.807, 2.05) is 24.3 Å². The average molecular weight is 427 g/mol. The number of methoxy groups -OCH3 is 1. The summed E-state index contributed by atoms with van der Waals surface area (Å²) in [6.45, 7) is 7.84. The molecule has 7 heteroatoms. The molecule has 0 spiro atoms. The van der Waals surface area contributed by atoms with Crippen LogP contribution in [-0.2, 0) is 15.7 Å². The van der Waals surface area contributed by atoms with Crippen LogP contribution in [0.15, 0.2) is 48.5 Å². The number of hydrogen-bond donors (Lipinski definition) is 2. The van der Waals surface area contributed by atoms with Crippen molar-refractivity contribution in [3.8, 4) is 11.5 Å². The van der Waals surface area contributed by atoms with Crippen molar-refractivity contribution in [3.63, 3.8) is 0 Å². The summed E-state index contributed by atoms with van der Waals surface area (Å²) < 4.78 is 10.8. The zero-order chi connectivity index (χ0) is 22.8. The first-order valence-corrected chi connectivity index (χ1v) is 10.2. The summed E-state index contributed by atoms with van der Waals surface area (Å²) >= 11 is 0. The molecular weight excluding hydrogens is 396 g/mol. The minimum atomic E-state index is -1.20. The molecule has 3 rings (SSSR count). The van der Waals surface area contributed by atoms with Gasteiger partial charge in [-0.05, 0) is 47.7 Å². The van der Waals surface area contributed by atoms with E-state index >= 15 is 0 Å². The Balaban J connectivity index is 1.61. The van der Waals surface area contributed by atoms with Crippen LogP contribution in [0.25, 0.3) is 0 Å². The van der Waals surface area contributed by atoms with Gasteiger partial charge in [0.2, 0.25) is 0 Å². The van der Waals surface area contributed by atoms with Crippen molar-refractivity contribution in [1.82, 2.24) is 10.2 Å². The number of carbonyl (C=O) groups is 2. The molecule has 7 nitrogen and oxygen atoms in total. The summed E-state index contributed by atoms with van der Waals surface area (Å²) in [4.78, 5) is 26.5. The van der Waals surface area contributed by atoms with E-state index in [4.69, 9.17) is 9.47 Å². The molecule has 2 aromatic rings. The van der Waals surface area contributed by atoms with Gasteiger partial charge < -0.3 is 19.9 Å². The van der Waals surface area contributed by atoms with Crippen LogP contribution < -0.4 is 14.8 Å². The second kappa shape index (κ2) is 8.59. The average Bonchev–Trinajstić information content (AvgIpc) is 2.96. The maximum atomic E-state index is 13.0. The quantitative estimate of drug-likeness (QED) is 0.664. The van der Waals surface area contributed by atoms with E-state index in [1.165, 1.54) is 5.56 Å². The van der Waals surface area contributed by atoms with Crippen LogP contribution >= 0.6 is 0 Å². The van der Waals surface area contributed by atoms with E-state index in [0.29, 0.717) is 17.1 Å². The predicted octanol–water partition coefficient (Wildman–Crippen LogP) is 3.20. The number of amides is 3. The molecule has 0 unspecified atom stereocenters. The van der Waals surface area contributed by atoms with E-state index in [2.05, 4.69) is 26.1 Å². The van der Waals surface area contributed by atoms with Gasteiger partial charge in [-0.15, -0.1) is 0 Å². The number of nitrogens with one attached hydrogen (secondary N) is 1. The second-order valence-corrected chi connectivity index (χ2v) is 8.94. The lowest BCUT2D eigenvalue weighted by atomic mass is 9.87. The molecule has 1 aliphatic rings. The number of benzene rings is 2. The second-order valence-electron chi connectivity index (χ2n) is 8.94. The third-order valence-corrected chi connectivity index (χ3v) is 5.50. The summed E-state index contributed by atoms with van der Waals surface area (Å²) in [6, 6.07) is 14.1.